The molecule has 2 aliphatic carbocycles. The molecule has 2 rings (SSSR count). The van der Waals surface area contributed by atoms with Crippen LogP contribution < -0.4 is 0 Å². The van der Waals surface area contributed by atoms with Crippen molar-refractivity contribution in [2.75, 3.05) is 0 Å². The van der Waals surface area contributed by atoms with Gasteiger partial charge in [-0.25, -0.2) is 0 Å². The molecule has 2 fully saturated rings. The fraction of sp³-hybridized carbons (Fsp3) is 0.818. The predicted octanol–water partition coefficient (Wildman–Crippen LogP) is 4.75. The van der Waals surface area contributed by atoms with E-state index < -0.39 is 12.1 Å². The second-order valence-corrected chi connectivity index (χ2v) is 8.56. The summed E-state index contributed by atoms with van der Waals surface area (Å²) in [6.07, 6.45) is 11.2. The van der Waals surface area contributed by atoms with Crippen LogP contribution in [0, 0.1) is 23.7 Å². The van der Waals surface area contributed by atoms with Crippen molar-refractivity contribution in [1.82, 2.24) is 0 Å². The molecular weight excluding hydrogens is 328 g/mol. The number of carboxylic acid groups (broad SMARTS) is 1. The first kappa shape index (κ1) is 21.1. The molecule has 0 saturated heterocycles. The van der Waals surface area contributed by atoms with E-state index in [9.17, 15) is 14.7 Å². The van der Waals surface area contributed by atoms with Crippen molar-refractivity contribution < 1.29 is 19.8 Å². The minimum atomic E-state index is -0.742. The van der Waals surface area contributed by atoms with E-state index in [0.717, 1.165) is 32.1 Å². The molecule has 2 N–H and O–H groups in total. The number of hydrogen-bond acceptors (Lipinski definition) is 3. The summed E-state index contributed by atoms with van der Waals surface area (Å²) in [5.74, 6) is 0.662. The van der Waals surface area contributed by atoms with E-state index in [4.69, 9.17) is 5.11 Å². The van der Waals surface area contributed by atoms with Crippen LogP contribution >= 0.6 is 0 Å². The average Bonchev–Trinajstić information content (AvgIpc) is 3.10. The second-order valence-electron chi connectivity index (χ2n) is 8.56. The summed E-state index contributed by atoms with van der Waals surface area (Å²) in [4.78, 5) is 23.4. The maximum absolute atomic E-state index is 12.8. The lowest BCUT2D eigenvalue weighted by atomic mass is 9.84. The third kappa shape index (κ3) is 5.94. The number of aliphatic hydroxyl groups is 1. The van der Waals surface area contributed by atoms with Crippen molar-refractivity contribution in [3.63, 3.8) is 0 Å². The maximum Gasteiger partial charge on any atom is 0.303 e. The Bertz CT molecular complexity index is 510. The Hall–Kier alpha value is -1.16. The zero-order chi connectivity index (χ0) is 19.1. The summed E-state index contributed by atoms with van der Waals surface area (Å²) in [5.41, 5.74) is 1.37. The first-order valence-corrected chi connectivity index (χ1v) is 10.5. The summed E-state index contributed by atoms with van der Waals surface area (Å²) in [6, 6.07) is 0. The molecule has 0 aliphatic heterocycles. The van der Waals surface area contributed by atoms with Crippen molar-refractivity contribution in [3.8, 4) is 0 Å². The van der Waals surface area contributed by atoms with E-state index in [1.54, 1.807) is 0 Å². The molecule has 0 spiro atoms. The highest BCUT2D eigenvalue weighted by Crippen LogP contribution is 2.50. The molecule has 0 aromatic heterocycles. The zero-order valence-corrected chi connectivity index (χ0v) is 16.5. The van der Waals surface area contributed by atoms with Crippen molar-refractivity contribution in [2.24, 2.45) is 23.7 Å². The summed E-state index contributed by atoms with van der Waals surface area (Å²) in [5, 5.41) is 19.1. The molecule has 0 aromatic rings. The number of hydrogen-bond donors (Lipinski definition) is 2. The van der Waals surface area contributed by atoms with Crippen LogP contribution in [-0.4, -0.2) is 28.1 Å². The second kappa shape index (κ2) is 10.2. The quantitative estimate of drug-likeness (QED) is 0.410. The van der Waals surface area contributed by atoms with Gasteiger partial charge in [-0.15, -0.1) is 0 Å². The standard InChI is InChI=1S/C22H36O4/c1-3-4-7-15(2)10-11-19(23)22-18-13-16(8-5-6-9-21(25)26)12-17(18)14-20(22)24/h8,15,17-18,20,22,24H,3-7,9-14H2,1-2H3,(H,25,26)/t15?,17-,18-,20+,22-/m0/s1. The van der Waals surface area contributed by atoms with Gasteiger partial charge in [0.1, 0.15) is 5.78 Å². The van der Waals surface area contributed by atoms with E-state index in [1.807, 2.05) is 0 Å². The molecule has 0 radical (unpaired) electrons. The number of aliphatic hydroxyl groups excluding tert-OH is 1. The monoisotopic (exact) mass is 364 g/mol. The Morgan fingerprint density at radius 2 is 1.96 bits per heavy atom. The number of allylic oxidation sites excluding steroid dienone is 2. The Balaban J connectivity index is 1.83. The Kier molecular flexibility index (Phi) is 8.33. The summed E-state index contributed by atoms with van der Waals surface area (Å²) in [7, 11) is 0. The minimum absolute atomic E-state index is 0.178. The Labute approximate surface area is 158 Å². The van der Waals surface area contributed by atoms with Crippen LogP contribution in [0.5, 0.6) is 0 Å². The number of ketones is 1. The van der Waals surface area contributed by atoms with E-state index >= 15 is 0 Å². The van der Waals surface area contributed by atoms with Crippen LogP contribution in [0.1, 0.15) is 84.5 Å². The zero-order valence-electron chi connectivity index (χ0n) is 16.5. The Morgan fingerprint density at radius 3 is 2.65 bits per heavy atom. The third-order valence-corrected chi connectivity index (χ3v) is 6.38. The molecular formula is C22H36O4. The number of carbonyl (C=O) groups excluding carboxylic acids is 1. The fourth-order valence-corrected chi connectivity index (χ4v) is 4.89. The fourth-order valence-electron chi connectivity index (χ4n) is 4.89. The number of unbranched alkanes of at least 4 members (excludes halogenated alkanes) is 2. The molecule has 2 saturated carbocycles. The normalized spacial score (nSPS) is 30.5. The molecule has 0 bridgehead atoms. The van der Waals surface area contributed by atoms with Gasteiger partial charge in [0.05, 0.1) is 6.10 Å². The van der Waals surface area contributed by atoms with Crippen LogP contribution in [0.4, 0.5) is 0 Å². The van der Waals surface area contributed by atoms with Crippen LogP contribution in [0.25, 0.3) is 0 Å². The van der Waals surface area contributed by atoms with Gasteiger partial charge in [-0.05, 0) is 56.3 Å². The lowest BCUT2D eigenvalue weighted by Crippen LogP contribution is -2.28. The topological polar surface area (TPSA) is 74.6 Å². The number of carbonyl (C=O) groups is 2. The molecule has 4 heteroatoms. The summed E-state index contributed by atoms with van der Waals surface area (Å²) in [6.45, 7) is 4.42. The lowest BCUT2D eigenvalue weighted by molar-refractivity contribution is -0.137. The molecule has 0 heterocycles. The predicted molar refractivity (Wildman–Crippen MR) is 103 cm³/mol. The highest BCUT2D eigenvalue weighted by Gasteiger charge is 2.48. The molecule has 4 nitrogen and oxygen atoms in total. The summed E-state index contributed by atoms with van der Waals surface area (Å²) >= 11 is 0. The van der Waals surface area contributed by atoms with Crippen molar-refractivity contribution >= 4 is 11.8 Å². The molecule has 1 unspecified atom stereocenters. The van der Waals surface area contributed by atoms with Crippen molar-refractivity contribution in [2.45, 2.75) is 90.6 Å². The van der Waals surface area contributed by atoms with Gasteiger partial charge < -0.3 is 10.2 Å². The van der Waals surface area contributed by atoms with Gasteiger partial charge in [0.2, 0.25) is 0 Å². The third-order valence-electron chi connectivity index (χ3n) is 6.38. The smallest absolute Gasteiger partial charge is 0.303 e. The van der Waals surface area contributed by atoms with Gasteiger partial charge in [0.15, 0.2) is 0 Å². The molecule has 5 atom stereocenters. The van der Waals surface area contributed by atoms with Gasteiger partial charge in [-0.2, -0.15) is 0 Å². The molecule has 2 aliphatic rings. The van der Waals surface area contributed by atoms with Gasteiger partial charge in [0, 0.05) is 18.8 Å². The highest BCUT2D eigenvalue weighted by atomic mass is 16.4. The van der Waals surface area contributed by atoms with Crippen molar-refractivity contribution in [1.29, 1.82) is 0 Å². The maximum atomic E-state index is 12.8. The van der Waals surface area contributed by atoms with Gasteiger partial charge in [0.25, 0.3) is 0 Å². The molecule has 148 valence electrons. The Morgan fingerprint density at radius 1 is 1.19 bits per heavy atom. The van der Waals surface area contributed by atoms with E-state index in [-0.39, 0.29) is 18.1 Å². The van der Waals surface area contributed by atoms with Gasteiger partial charge in [-0.1, -0.05) is 44.8 Å². The molecule has 26 heavy (non-hydrogen) atoms. The van der Waals surface area contributed by atoms with Crippen LogP contribution in [-0.2, 0) is 9.59 Å². The van der Waals surface area contributed by atoms with E-state index in [0.29, 0.717) is 30.6 Å². The molecule has 0 amide bonds. The first-order valence-electron chi connectivity index (χ1n) is 10.5. The number of rotatable bonds is 11. The molecule has 0 aromatic carbocycles. The van der Waals surface area contributed by atoms with Crippen molar-refractivity contribution in [3.05, 3.63) is 11.6 Å². The highest BCUT2D eigenvalue weighted by molar-refractivity contribution is 5.82. The number of fused-ring (bicyclic) bond motifs is 1. The number of aliphatic carboxylic acids is 1. The average molecular weight is 365 g/mol. The lowest BCUT2D eigenvalue weighted by Gasteiger charge is -2.20. The van der Waals surface area contributed by atoms with Crippen LogP contribution in [0.2, 0.25) is 0 Å². The van der Waals surface area contributed by atoms with Crippen LogP contribution in [0.15, 0.2) is 11.6 Å². The van der Waals surface area contributed by atoms with Gasteiger partial charge >= 0.3 is 5.97 Å². The van der Waals surface area contributed by atoms with E-state index in [1.165, 1.54) is 24.8 Å². The summed E-state index contributed by atoms with van der Waals surface area (Å²) < 4.78 is 0. The SMILES string of the molecule is CCCCC(C)CCC(=O)[C@@H]1[C@H]2CC(=CCCCC(=O)O)C[C@H]2C[C@H]1O. The van der Waals surface area contributed by atoms with Gasteiger partial charge in [-0.3, -0.25) is 9.59 Å². The van der Waals surface area contributed by atoms with E-state index in [2.05, 4.69) is 19.9 Å². The number of Topliss-reactive ketones (excluding diaryl/α,β-unsaturated/α-hetero) is 1. The largest absolute Gasteiger partial charge is 0.481 e. The first-order chi connectivity index (χ1) is 12.4. The number of carboxylic acids is 1. The minimum Gasteiger partial charge on any atom is -0.481 e. The van der Waals surface area contributed by atoms with Crippen LogP contribution in [0.3, 0.4) is 0 Å².